The van der Waals surface area contributed by atoms with E-state index >= 15 is 0 Å². The summed E-state index contributed by atoms with van der Waals surface area (Å²) in [5, 5.41) is 9.01. The maximum absolute atomic E-state index is 12.2. The standard InChI is InChI=1S/C13H16ClN3O3/c14-11-2-1-10(9-15-11)13(20)17-7-5-16(6-8-17)4-3-12(18)19/h1-2,9H,3-8H2,(H,18,19). The van der Waals surface area contributed by atoms with Crippen LogP contribution in [0.1, 0.15) is 16.8 Å². The van der Waals surface area contributed by atoms with Gasteiger partial charge < -0.3 is 10.0 Å². The molecule has 1 amide bonds. The molecule has 0 spiro atoms. The van der Waals surface area contributed by atoms with E-state index in [0.29, 0.717) is 43.4 Å². The van der Waals surface area contributed by atoms with E-state index in [0.717, 1.165) is 0 Å². The first-order chi connectivity index (χ1) is 9.56. The van der Waals surface area contributed by atoms with Crippen molar-refractivity contribution in [3.8, 4) is 0 Å². The lowest BCUT2D eigenvalue weighted by molar-refractivity contribution is -0.137. The first-order valence-corrected chi connectivity index (χ1v) is 6.79. The summed E-state index contributed by atoms with van der Waals surface area (Å²) in [5.74, 6) is -0.859. The monoisotopic (exact) mass is 297 g/mol. The van der Waals surface area contributed by atoms with Crippen LogP contribution >= 0.6 is 11.6 Å². The first kappa shape index (κ1) is 14.7. The summed E-state index contributed by atoms with van der Waals surface area (Å²) in [7, 11) is 0. The average Bonchev–Trinajstić information content (AvgIpc) is 2.46. The van der Waals surface area contributed by atoms with Crippen molar-refractivity contribution in [1.82, 2.24) is 14.8 Å². The van der Waals surface area contributed by atoms with E-state index in [1.54, 1.807) is 17.0 Å². The molecule has 1 aromatic heterocycles. The summed E-state index contributed by atoms with van der Waals surface area (Å²) in [5.41, 5.74) is 0.522. The lowest BCUT2D eigenvalue weighted by Crippen LogP contribution is -2.49. The predicted octanol–water partition coefficient (Wildman–Crippen LogP) is 0.967. The Labute approximate surface area is 122 Å². The fraction of sp³-hybridized carbons (Fsp3) is 0.462. The lowest BCUT2D eigenvalue weighted by atomic mass is 10.2. The summed E-state index contributed by atoms with van der Waals surface area (Å²) < 4.78 is 0. The van der Waals surface area contributed by atoms with Crippen molar-refractivity contribution in [1.29, 1.82) is 0 Å². The van der Waals surface area contributed by atoms with Gasteiger partial charge in [0, 0.05) is 38.9 Å². The number of rotatable bonds is 4. The van der Waals surface area contributed by atoms with Gasteiger partial charge in [-0.15, -0.1) is 0 Å². The number of halogens is 1. The third-order valence-electron chi connectivity index (χ3n) is 3.28. The van der Waals surface area contributed by atoms with Gasteiger partial charge >= 0.3 is 5.97 Å². The van der Waals surface area contributed by atoms with Crippen LogP contribution in [0.2, 0.25) is 5.15 Å². The van der Waals surface area contributed by atoms with Crippen LogP contribution in [0.15, 0.2) is 18.3 Å². The largest absolute Gasteiger partial charge is 0.481 e. The van der Waals surface area contributed by atoms with Gasteiger partial charge in [-0.1, -0.05) is 11.6 Å². The van der Waals surface area contributed by atoms with Crippen molar-refractivity contribution in [2.45, 2.75) is 6.42 Å². The number of carbonyl (C=O) groups is 2. The number of aliphatic carboxylic acids is 1. The Morgan fingerprint density at radius 1 is 1.25 bits per heavy atom. The van der Waals surface area contributed by atoms with Gasteiger partial charge in [-0.3, -0.25) is 14.5 Å². The minimum Gasteiger partial charge on any atom is -0.481 e. The molecule has 2 rings (SSSR count). The van der Waals surface area contributed by atoms with Gasteiger partial charge in [-0.25, -0.2) is 4.98 Å². The molecule has 0 aliphatic carbocycles. The Morgan fingerprint density at radius 3 is 2.50 bits per heavy atom. The van der Waals surface area contributed by atoms with Crippen LogP contribution < -0.4 is 0 Å². The number of hydrogen-bond donors (Lipinski definition) is 1. The van der Waals surface area contributed by atoms with E-state index in [1.807, 2.05) is 0 Å². The summed E-state index contributed by atoms with van der Waals surface area (Å²) >= 11 is 5.69. The van der Waals surface area contributed by atoms with Crippen LogP contribution in [-0.2, 0) is 4.79 Å². The third-order valence-corrected chi connectivity index (χ3v) is 3.50. The number of amides is 1. The Kier molecular flexibility index (Phi) is 4.92. The van der Waals surface area contributed by atoms with Crippen molar-refractivity contribution < 1.29 is 14.7 Å². The van der Waals surface area contributed by atoms with Gasteiger partial charge in [0.1, 0.15) is 5.15 Å². The van der Waals surface area contributed by atoms with E-state index in [9.17, 15) is 9.59 Å². The van der Waals surface area contributed by atoms with Gasteiger partial charge in [0.15, 0.2) is 0 Å². The van der Waals surface area contributed by atoms with Gasteiger partial charge in [0.25, 0.3) is 5.91 Å². The Bertz CT molecular complexity index is 484. The topological polar surface area (TPSA) is 73.7 Å². The molecule has 0 bridgehead atoms. The molecule has 7 heteroatoms. The SMILES string of the molecule is O=C(O)CCN1CCN(C(=O)c2ccc(Cl)nc2)CC1. The molecular weight excluding hydrogens is 282 g/mol. The smallest absolute Gasteiger partial charge is 0.304 e. The van der Waals surface area contributed by atoms with E-state index in [2.05, 4.69) is 9.88 Å². The zero-order chi connectivity index (χ0) is 14.5. The minimum absolute atomic E-state index is 0.0629. The van der Waals surface area contributed by atoms with Gasteiger partial charge in [-0.2, -0.15) is 0 Å². The molecule has 0 unspecified atom stereocenters. The summed E-state index contributed by atoms with van der Waals surface area (Å²) in [6.07, 6.45) is 1.61. The number of carboxylic acid groups (broad SMARTS) is 1. The highest BCUT2D eigenvalue weighted by Gasteiger charge is 2.22. The minimum atomic E-state index is -0.796. The van der Waals surface area contributed by atoms with Crippen LogP contribution in [0.5, 0.6) is 0 Å². The highest BCUT2D eigenvalue weighted by Crippen LogP contribution is 2.10. The lowest BCUT2D eigenvalue weighted by Gasteiger charge is -2.34. The van der Waals surface area contributed by atoms with E-state index in [-0.39, 0.29) is 12.3 Å². The van der Waals surface area contributed by atoms with E-state index < -0.39 is 5.97 Å². The molecule has 1 aliphatic rings. The zero-order valence-electron chi connectivity index (χ0n) is 11.0. The molecule has 1 fully saturated rings. The van der Waals surface area contributed by atoms with E-state index in [4.69, 9.17) is 16.7 Å². The highest BCUT2D eigenvalue weighted by atomic mass is 35.5. The summed E-state index contributed by atoms with van der Waals surface area (Å²) in [6.45, 7) is 3.11. The van der Waals surface area contributed by atoms with Gasteiger partial charge in [0.2, 0.25) is 0 Å². The normalized spacial score (nSPS) is 16.1. The average molecular weight is 298 g/mol. The first-order valence-electron chi connectivity index (χ1n) is 6.41. The van der Waals surface area contributed by atoms with Crippen LogP contribution in [0.3, 0.4) is 0 Å². The van der Waals surface area contributed by atoms with Crippen molar-refractivity contribution >= 4 is 23.5 Å². The maximum atomic E-state index is 12.2. The number of nitrogens with zero attached hydrogens (tertiary/aromatic N) is 3. The molecule has 0 radical (unpaired) electrons. The number of carbonyl (C=O) groups excluding carboxylic acids is 1. The molecule has 1 saturated heterocycles. The number of piperazine rings is 1. The molecule has 0 atom stereocenters. The Balaban J connectivity index is 1.85. The molecule has 1 aromatic rings. The fourth-order valence-corrected chi connectivity index (χ4v) is 2.23. The van der Waals surface area contributed by atoms with Crippen LogP contribution in [-0.4, -0.2) is 64.5 Å². The molecule has 1 N–H and O–H groups in total. The molecule has 6 nitrogen and oxygen atoms in total. The van der Waals surface area contributed by atoms with Crippen molar-refractivity contribution in [2.24, 2.45) is 0 Å². The Morgan fingerprint density at radius 2 is 1.95 bits per heavy atom. The molecular formula is C13H16ClN3O3. The molecule has 0 aromatic carbocycles. The van der Waals surface area contributed by atoms with E-state index in [1.165, 1.54) is 6.20 Å². The second-order valence-corrected chi connectivity index (χ2v) is 5.03. The Hall–Kier alpha value is -1.66. The molecule has 0 saturated carbocycles. The van der Waals surface area contributed by atoms with Gasteiger partial charge in [0.05, 0.1) is 12.0 Å². The second-order valence-electron chi connectivity index (χ2n) is 4.65. The fourth-order valence-electron chi connectivity index (χ4n) is 2.11. The number of aromatic nitrogens is 1. The molecule has 20 heavy (non-hydrogen) atoms. The van der Waals surface area contributed by atoms with Crippen molar-refractivity contribution in [3.63, 3.8) is 0 Å². The predicted molar refractivity (Wildman–Crippen MR) is 73.8 cm³/mol. The maximum Gasteiger partial charge on any atom is 0.304 e. The number of hydrogen-bond acceptors (Lipinski definition) is 4. The van der Waals surface area contributed by atoms with Crippen LogP contribution in [0.25, 0.3) is 0 Å². The highest BCUT2D eigenvalue weighted by molar-refractivity contribution is 6.29. The number of carboxylic acids is 1. The van der Waals surface area contributed by atoms with Gasteiger partial charge in [-0.05, 0) is 12.1 Å². The zero-order valence-corrected chi connectivity index (χ0v) is 11.7. The van der Waals surface area contributed by atoms with Crippen molar-refractivity contribution in [2.75, 3.05) is 32.7 Å². The molecule has 1 aliphatic heterocycles. The quantitative estimate of drug-likeness (QED) is 0.838. The second kappa shape index (κ2) is 6.67. The molecule has 108 valence electrons. The molecule has 2 heterocycles. The summed E-state index contributed by atoms with van der Waals surface area (Å²) in [6, 6.07) is 3.26. The third kappa shape index (κ3) is 3.91. The summed E-state index contributed by atoms with van der Waals surface area (Å²) in [4.78, 5) is 30.4. The van der Waals surface area contributed by atoms with Crippen molar-refractivity contribution in [3.05, 3.63) is 29.0 Å². The van der Waals surface area contributed by atoms with Crippen LogP contribution in [0, 0.1) is 0 Å². The van der Waals surface area contributed by atoms with Crippen LogP contribution in [0.4, 0.5) is 0 Å². The number of pyridine rings is 1.